The second-order valence-corrected chi connectivity index (χ2v) is 18.4. The summed E-state index contributed by atoms with van der Waals surface area (Å²) in [5.74, 6) is -13.6. The van der Waals surface area contributed by atoms with Crippen LogP contribution in [0.3, 0.4) is 0 Å². The van der Waals surface area contributed by atoms with Crippen molar-refractivity contribution in [3.8, 4) is 5.75 Å². The van der Waals surface area contributed by atoms with E-state index in [2.05, 4.69) is 47.9 Å². The molecule has 0 unspecified atom stereocenters. The first-order chi connectivity index (χ1) is 34.5. The number of carboxylic acid groups (broad SMARTS) is 1. The molecule has 12 atom stereocenters. The van der Waals surface area contributed by atoms with Crippen molar-refractivity contribution in [2.24, 2.45) is 29.2 Å². The van der Waals surface area contributed by atoms with Crippen molar-refractivity contribution in [3.05, 3.63) is 29.8 Å². The first kappa shape index (κ1) is 65.0. The van der Waals surface area contributed by atoms with Gasteiger partial charge in [0.2, 0.25) is 59.1 Å². The number of hydrogen-bond acceptors (Lipinski definition) is 17. The molecule has 416 valence electrons. The van der Waals surface area contributed by atoms with Crippen LogP contribution in [0.1, 0.15) is 80.2 Å². The number of aliphatic carboxylic acids is 1. The molecular formula is C46H75N11O17. The van der Waals surface area contributed by atoms with Gasteiger partial charge in [-0.05, 0) is 55.7 Å². The van der Waals surface area contributed by atoms with Crippen LogP contribution in [0.5, 0.6) is 5.75 Å². The van der Waals surface area contributed by atoms with Gasteiger partial charge in [-0.25, -0.2) is 4.79 Å². The fourth-order valence-electron chi connectivity index (χ4n) is 6.69. The van der Waals surface area contributed by atoms with Crippen LogP contribution < -0.4 is 59.3 Å². The summed E-state index contributed by atoms with van der Waals surface area (Å²) < 4.78 is 0. The Morgan fingerprint density at radius 1 is 0.514 bits per heavy atom. The third-order valence-corrected chi connectivity index (χ3v) is 11.6. The highest BCUT2D eigenvalue weighted by Crippen LogP contribution is 2.14. The van der Waals surface area contributed by atoms with E-state index in [1.54, 1.807) is 34.6 Å². The molecule has 74 heavy (non-hydrogen) atoms. The van der Waals surface area contributed by atoms with Crippen molar-refractivity contribution in [1.29, 1.82) is 0 Å². The van der Waals surface area contributed by atoms with E-state index in [-0.39, 0.29) is 18.6 Å². The number of phenolic OH excluding ortho intramolecular Hbond substituents is 1. The SMILES string of the molecule is CC[C@H](C)[C@H](NC(=O)[C@H](CO)NC(=O)[C@H](CCC(N)=O)NC(=O)[C@H](CO)NC(=O)[C@H](C)NC(=O)[C@@H](N)[C@@H](C)O)C(=O)N[C@@H](CO)C(=O)N[C@@H](Cc1ccc(O)cc1)C(=O)N[C@H](C(=O)N[C@H](C(=O)O)C(C)C)C(C)C. The van der Waals surface area contributed by atoms with E-state index >= 15 is 0 Å². The number of amides is 10. The first-order valence-corrected chi connectivity index (χ1v) is 23.8. The normalized spacial score (nSPS) is 16.1. The molecule has 19 N–H and O–H groups in total. The van der Waals surface area contributed by atoms with Crippen molar-refractivity contribution >= 4 is 65.0 Å². The number of carbonyl (C=O) groups is 11. The van der Waals surface area contributed by atoms with Crippen LogP contribution in [0.15, 0.2) is 24.3 Å². The lowest BCUT2D eigenvalue weighted by atomic mass is 9.97. The molecule has 28 nitrogen and oxygen atoms in total. The van der Waals surface area contributed by atoms with Gasteiger partial charge in [0.25, 0.3) is 0 Å². The topological polar surface area (TPSA) is 469 Å². The molecule has 0 radical (unpaired) electrons. The van der Waals surface area contributed by atoms with Gasteiger partial charge in [-0.3, -0.25) is 47.9 Å². The van der Waals surface area contributed by atoms with Gasteiger partial charge >= 0.3 is 5.97 Å². The highest BCUT2D eigenvalue weighted by Gasteiger charge is 2.37. The second-order valence-electron chi connectivity index (χ2n) is 18.4. The quantitative estimate of drug-likeness (QED) is 0.0319. The Morgan fingerprint density at radius 3 is 1.35 bits per heavy atom. The lowest BCUT2D eigenvalue weighted by Crippen LogP contribution is -2.62. The zero-order chi connectivity index (χ0) is 56.7. The smallest absolute Gasteiger partial charge is 0.326 e. The number of aliphatic hydroxyl groups excluding tert-OH is 4. The number of carboxylic acids is 1. The van der Waals surface area contributed by atoms with Crippen LogP contribution in [0.4, 0.5) is 0 Å². The predicted octanol–water partition coefficient (Wildman–Crippen LogP) is -6.29. The number of aliphatic hydroxyl groups is 4. The maximum Gasteiger partial charge on any atom is 0.326 e. The number of nitrogens with one attached hydrogen (secondary N) is 9. The first-order valence-electron chi connectivity index (χ1n) is 23.8. The minimum absolute atomic E-state index is 0.115. The molecule has 1 rings (SSSR count). The number of aromatic hydroxyl groups is 1. The van der Waals surface area contributed by atoms with Gasteiger partial charge in [-0.2, -0.15) is 0 Å². The van der Waals surface area contributed by atoms with E-state index in [4.69, 9.17) is 11.5 Å². The summed E-state index contributed by atoms with van der Waals surface area (Å²) in [6, 6.07) is -9.98. The molecule has 0 fully saturated rings. The summed E-state index contributed by atoms with van der Waals surface area (Å²) in [4.78, 5) is 144. The molecule has 0 saturated carbocycles. The van der Waals surface area contributed by atoms with Crippen molar-refractivity contribution in [3.63, 3.8) is 0 Å². The number of primary amides is 1. The molecule has 0 aliphatic carbocycles. The molecule has 1 aromatic carbocycles. The summed E-state index contributed by atoms with van der Waals surface area (Å²) in [6.45, 7) is 8.71. The largest absolute Gasteiger partial charge is 0.508 e. The average Bonchev–Trinajstić information content (AvgIpc) is 3.33. The molecule has 28 heteroatoms. The van der Waals surface area contributed by atoms with Crippen LogP contribution in [0.25, 0.3) is 0 Å². The summed E-state index contributed by atoms with van der Waals surface area (Å²) in [6.07, 6.45) is -2.34. The molecule has 0 aromatic heterocycles. The average molecular weight is 1050 g/mol. The Labute approximate surface area is 427 Å². The third kappa shape index (κ3) is 21.2. The fourth-order valence-corrected chi connectivity index (χ4v) is 6.69. The lowest BCUT2D eigenvalue weighted by molar-refractivity contribution is -0.144. The number of hydrogen-bond donors (Lipinski definition) is 17. The minimum atomic E-state index is -1.85. The highest BCUT2D eigenvalue weighted by molar-refractivity contribution is 5.99. The molecule has 0 heterocycles. The number of benzene rings is 1. The van der Waals surface area contributed by atoms with Gasteiger partial charge in [0.05, 0.1) is 25.9 Å². The number of phenols is 1. The van der Waals surface area contributed by atoms with Gasteiger partial charge in [0, 0.05) is 12.8 Å². The zero-order valence-corrected chi connectivity index (χ0v) is 42.7. The fraction of sp³-hybridized carbons (Fsp3) is 0.630. The van der Waals surface area contributed by atoms with Crippen molar-refractivity contribution in [2.45, 2.75) is 148 Å². The summed E-state index contributed by atoms with van der Waals surface area (Å²) >= 11 is 0. The molecule has 0 bridgehead atoms. The van der Waals surface area contributed by atoms with Crippen molar-refractivity contribution < 1.29 is 83.4 Å². The Balaban J connectivity index is 3.34. The number of carbonyl (C=O) groups excluding carboxylic acids is 10. The van der Waals surface area contributed by atoms with Crippen molar-refractivity contribution in [2.75, 3.05) is 19.8 Å². The summed E-state index contributed by atoms with van der Waals surface area (Å²) in [7, 11) is 0. The minimum Gasteiger partial charge on any atom is -0.508 e. The Bertz CT molecular complexity index is 2110. The molecule has 1 aromatic rings. The Hall–Kier alpha value is -7.01. The molecule has 0 aliphatic rings. The standard InChI is InChI=1S/C46H75N11O17/c1-9-22(6)36(57-42(69)31(19-60)53-38(65)27(14-15-32(47)63)50-40(67)29(17-58)52-37(64)23(7)49-43(70)33(48)24(8)61)45(72)54-30(18-59)41(68)51-28(16-25-10-12-26(62)13-11-25)39(66)55-34(20(2)3)44(71)56-35(21(4)5)46(73)74/h10-13,20-24,27-31,33-36,58-62H,9,14-19,48H2,1-8H3,(H2,47,63)(H,49,70)(H,50,67)(H,51,68)(H,52,64)(H,53,65)(H,54,72)(H,55,66)(H,56,71)(H,57,69)(H,73,74)/t22-,23-,24+,27-,28-,29-,30-,31-,33-,34-,35-,36-/m0/s1. The van der Waals surface area contributed by atoms with Gasteiger partial charge in [0.15, 0.2) is 0 Å². The predicted molar refractivity (Wildman–Crippen MR) is 261 cm³/mol. The van der Waals surface area contributed by atoms with Crippen LogP contribution in [-0.4, -0.2) is 182 Å². The zero-order valence-electron chi connectivity index (χ0n) is 42.7. The van der Waals surface area contributed by atoms with Crippen LogP contribution in [0.2, 0.25) is 0 Å². The van der Waals surface area contributed by atoms with E-state index < -0.39 is 182 Å². The summed E-state index contributed by atoms with van der Waals surface area (Å²) in [5.41, 5.74) is 11.2. The van der Waals surface area contributed by atoms with Gasteiger partial charge in [-0.1, -0.05) is 60.1 Å². The van der Waals surface area contributed by atoms with Gasteiger partial charge in [0.1, 0.15) is 66.2 Å². The second kappa shape index (κ2) is 31.6. The third-order valence-electron chi connectivity index (χ3n) is 11.6. The number of nitrogens with two attached hydrogens (primary N) is 2. The van der Waals surface area contributed by atoms with Gasteiger partial charge in [-0.15, -0.1) is 0 Å². The number of rotatable bonds is 32. The van der Waals surface area contributed by atoms with Crippen LogP contribution in [-0.2, 0) is 59.2 Å². The van der Waals surface area contributed by atoms with E-state index in [0.29, 0.717) is 5.56 Å². The van der Waals surface area contributed by atoms with Crippen LogP contribution >= 0.6 is 0 Å². The van der Waals surface area contributed by atoms with E-state index in [0.717, 1.165) is 0 Å². The van der Waals surface area contributed by atoms with E-state index in [1.807, 2.05) is 0 Å². The molecule has 0 aliphatic heterocycles. The van der Waals surface area contributed by atoms with E-state index in [9.17, 15) is 83.4 Å². The molecule has 0 spiro atoms. The van der Waals surface area contributed by atoms with E-state index in [1.165, 1.54) is 45.0 Å². The molecule has 10 amide bonds. The maximum atomic E-state index is 13.9. The van der Waals surface area contributed by atoms with Crippen LogP contribution in [0, 0.1) is 17.8 Å². The lowest BCUT2D eigenvalue weighted by Gasteiger charge is -2.29. The Morgan fingerprint density at radius 2 is 0.905 bits per heavy atom. The van der Waals surface area contributed by atoms with Gasteiger partial charge < -0.3 is 90.0 Å². The summed E-state index contributed by atoms with van der Waals surface area (Å²) in [5, 5.41) is 80.4. The Kier molecular flexibility index (Phi) is 27.7. The molecular weight excluding hydrogens is 979 g/mol. The maximum absolute atomic E-state index is 13.9. The highest BCUT2D eigenvalue weighted by atomic mass is 16.4. The molecule has 0 saturated heterocycles. The monoisotopic (exact) mass is 1050 g/mol. The van der Waals surface area contributed by atoms with Crippen molar-refractivity contribution in [1.82, 2.24) is 47.9 Å².